The average molecular weight is 465 g/mol. The van der Waals surface area contributed by atoms with E-state index in [-0.39, 0.29) is 28.4 Å². The zero-order valence-electron chi connectivity index (χ0n) is 15.9. The number of ether oxygens (including phenoxy) is 2. The Morgan fingerprint density at radius 3 is 2.76 bits per heavy atom. The summed E-state index contributed by atoms with van der Waals surface area (Å²) in [5.41, 5.74) is 2.02. The van der Waals surface area contributed by atoms with E-state index in [0.29, 0.717) is 30.1 Å². The first-order valence-corrected chi connectivity index (χ1v) is 9.98. The van der Waals surface area contributed by atoms with Crippen molar-refractivity contribution in [1.29, 1.82) is 0 Å². The normalized spacial score (nSPS) is 19.1. The van der Waals surface area contributed by atoms with Crippen LogP contribution in [0.4, 0.5) is 8.78 Å². The summed E-state index contributed by atoms with van der Waals surface area (Å²) < 4.78 is 41.0. The van der Waals surface area contributed by atoms with Crippen molar-refractivity contribution in [3.8, 4) is 0 Å². The van der Waals surface area contributed by atoms with Gasteiger partial charge in [-0.15, -0.1) is 0 Å². The summed E-state index contributed by atoms with van der Waals surface area (Å²) in [7, 11) is 1.33. The SMILES string of the molecule is COC(=O)c1ccc2nc(Cc3cc(F)c(Br)cc3F)n([C@H]3COC[C@H]3C)c2c1. The summed E-state index contributed by atoms with van der Waals surface area (Å²) in [4.78, 5) is 16.7. The molecular formula is C21H19BrF2N2O3. The lowest BCUT2D eigenvalue weighted by molar-refractivity contribution is 0.0601. The maximum Gasteiger partial charge on any atom is 0.337 e. The van der Waals surface area contributed by atoms with Gasteiger partial charge in [0.25, 0.3) is 0 Å². The van der Waals surface area contributed by atoms with E-state index in [1.54, 1.807) is 18.2 Å². The molecule has 0 spiro atoms. The van der Waals surface area contributed by atoms with Crippen LogP contribution in [0, 0.1) is 17.6 Å². The number of benzene rings is 2. The third-order valence-corrected chi connectivity index (χ3v) is 5.89. The van der Waals surface area contributed by atoms with E-state index in [9.17, 15) is 13.6 Å². The van der Waals surface area contributed by atoms with Crippen molar-refractivity contribution in [1.82, 2.24) is 9.55 Å². The van der Waals surface area contributed by atoms with Gasteiger partial charge >= 0.3 is 5.97 Å². The number of aromatic nitrogens is 2. The standard InChI is InChI=1S/C21H19BrF2N2O3/c1-11-9-29-10-19(11)26-18-6-12(21(27)28-2)3-4-17(18)25-20(26)7-13-5-16(24)14(22)8-15(13)23/h3-6,8,11,19H,7,9-10H2,1-2H3/t11-,19+/m1/s1. The Bertz CT molecular complexity index is 1100. The van der Waals surface area contributed by atoms with Crippen LogP contribution in [0.1, 0.15) is 34.7 Å². The van der Waals surface area contributed by atoms with Gasteiger partial charge in [0, 0.05) is 12.3 Å². The molecule has 0 unspecified atom stereocenters. The van der Waals surface area contributed by atoms with Gasteiger partial charge in [-0.3, -0.25) is 0 Å². The highest BCUT2D eigenvalue weighted by Gasteiger charge is 2.30. The third kappa shape index (κ3) is 3.67. The topological polar surface area (TPSA) is 53.3 Å². The van der Waals surface area contributed by atoms with E-state index in [2.05, 4.69) is 27.8 Å². The highest BCUT2D eigenvalue weighted by atomic mass is 79.9. The lowest BCUT2D eigenvalue weighted by Gasteiger charge is -2.20. The summed E-state index contributed by atoms with van der Waals surface area (Å²) in [5, 5.41) is 0. The zero-order chi connectivity index (χ0) is 20.7. The number of hydrogen-bond donors (Lipinski definition) is 0. The van der Waals surface area contributed by atoms with E-state index in [1.807, 2.05) is 4.57 Å². The molecule has 0 aliphatic carbocycles. The quantitative estimate of drug-likeness (QED) is 0.416. The highest BCUT2D eigenvalue weighted by Crippen LogP contribution is 2.33. The van der Waals surface area contributed by atoms with Gasteiger partial charge in [-0.1, -0.05) is 6.92 Å². The molecule has 5 nitrogen and oxygen atoms in total. The van der Waals surface area contributed by atoms with Gasteiger partial charge in [0.2, 0.25) is 0 Å². The second-order valence-electron chi connectivity index (χ2n) is 7.21. The molecule has 152 valence electrons. The second-order valence-corrected chi connectivity index (χ2v) is 8.06. The molecule has 0 bridgehead atoms. The molecule has 1 aliphatic heterocycles. The molecule has 3 aromatic rings. The average Bonchev–Trinajstić information content (AvgIpc) is 3.27. The number of methoxy groups -OCH3 is 1. The van der Waals surface area contributed by atoms with E-state index in [1.165, 1.54) is 13.2 Å². The number of nitrogens with zero attached hydrogens (tertiary/aromatic N) is 2. The first kappa shape index (κ1) is 20.0. The van der Waals surface area contributed by atoms with Crippen molar-refractivity contribution in [2.24, 2.45) is 5.92 Å². The molecule has 8 heteroatoms. The number of fused-ring (bicyclic) bond motifs is 1. The Hall–Kier alpha value is -2.32. The zero-order valence-corrected chi connectivity index (χ0v) is 17.5. The monoisotopic (exact) mass is 464 g/mol. The largest absolute Gasteiger partial charge is 0.465 e. The molecule has 0 saturated carbocycles. The minimum Gasteiger partial charge on any atom is -0.465 e. The first-order chi connectivity index (χ1) is 13.9. The molecule has 1 aliphatic rings. The van der Waals surface area contributed by atoms with Crippen LogP contribution in [-0.4, -0.2) is 35.8 Å². The molecule has 2 heterocycles. The van der Waals surface area contributed by atoms with Crippen LogP contribution in [0.25, 0.3) is 11.0 Å². The molecule has 2 aromatic carbocycles. The van der Waals surface area contributed by atoms with Gasteiger partial charge in [-0.2, -0.15) is 0 Å². The van der Waals surface area contributed by atoms with Gasteiger partial charge < -0.3 is 14.0 Å². The molecule has 2 atom stereocenters. The molecule has 4 rings (SSSR count). The number of carbonyl (C=O) groups excluding carboxylic acids is 1. The van der Waals surface area contributed by atoms with Crippen molar-refractivity contribution >= 4 is 32.9 Å². The van der Waals surface area contributed by atoms with Crippen LogP contribution in [0.5, 0.6) is 0 Å². The number of imidazole rings is 1. The Labute approximate surface area is 174 Å². The summed E-state index contributed by atoms with van der Waals surface area (Å²) in [5.74, 6) is -0.695. The lowest BCUT2D eigenvalue weighted by atomic mass is 10.0. The number of rotatable bonds is 4. The number of esters is 1. The van der Waals surface area contributed by atoms with Crippen molar-refractivity contribution in [3.05, 3.63) is 63.4 Å². The maximum absolute atomic E-state index is 14.5. The number of halogens is 3. The third-order valence-electron chi connectivity index (χ3n) is 5.28. The van der Waals surface area contributed by atoms with Gasteiger partial charge in [0.05, 0.1) is 47.4 Å². The van der Waals surface area contributed by atoms with Crippen molar-refractivity contribution in [2.75, 3.05) is 20.3 Å². The van der Waals surface area contributed by atoms with E-state index >= 15 is 0 Å². The minimum atomic E-state index is -0.533. The predicted octanol–water partition coefficient (Wildman–Crippen LogP) is 4.66. The first-order valence-electron chi connectivity index (χ1n) is 9.19. The van der Waals surface area contributed by atoms with Crippen LogP contribution in [0.3, 0.4) is 0 Å². The molecule has 0 amide bonds. The molecular weight excluding hydrogens is 446 g/mol. The fraction of sp³-hybridized carbons (Fsp3) is 0.333. The Kier molecular flexibility index (Phi) is 5.40. The summed E-state index contributed by atoms with van der Waals surface area (Å²) >= 11 is 3.00. The van der Waals surface area contributed by atoms with Crippen LogP contribution < -0.4 is 0 Å². The molecule has 1 aromatic heterocycles. The van der Waals surface area contributed by atoms with E-state index in [0.717, 1.165) is 11.6 Å². The number of hydrogen-bond acceptors (Lipinski definition) is 4. The van der Waals surface area contributed by atoms with Gasteiger partial charge in [0.1, 0.15) is 17.5 Å². The second kappa shape index (κ2) is 7.84. The van der Waals surface area contributed by atoms with Crippen LogP contribution >= 0.6 is 15.9 Å². The predicted molar refractivity (Wildman–Crippen MR) is 107 cm³/mol. The molecule has 1 fully saturated rings. The molecule has 0 radical (unpaired) electrons. The maximum atomic E-state index is 14.5. The molecule has 1 saturated heterocycles. The molecule has 0 N–H and O–H groups in total. The Balaban J connectivity index is 1.86. The Morgan fingerprint density at radius 2 is 2.07 bits per heavy atom. The minimum absolute atomic E-state index is 0.0220. The van der Waals surface area contributed by atoms with Gasteiger partial charge in [-0.05, 0) is 51.8 Å². The summed E-state index contributed by atoms with van der Waals surface area (Å²) in [6.07, 6.45) is 0.113. The summed E-state index contributed by atoms with van der Waals surface area (Å²) in [6.45, 7) is 3.15. The number of carbonyl (C=O) groups is 1. The van der Waals surface area contributed by atoms with Crippen molar-refractivity contribution in [2.45, 2.75) is 19.4 Å². The van der Waals surface area contributed by atoms with Crippen molar-refractivity contribution < 1.29 is 23.0 Å². The van der Waals surface area contributed by atoms with Crippen LogP contribution in [0.15, 0.2) is 34.8 Å². The Morgan fingerprint density at radius 1 is 1.28 bits per heavy atom. The van der Waals surface area contributed by atoms with Crippen LogP contribution in [0.2, 0.25) is 0 Å². The van der Waals surface area contributed by atoms with Crippen LogP contribution in [-0.2, 0) is 15.9 Å². The highest BCUT2D eigenvalue weighted by molar-refractivity contribution is 9.10. The van der Waals surface area contributed by atoms with Gasteiger partial charge in [-0.25, -0.2) is 18.6 Å². The van der Waals surface area contributed by atoms with Crippen molar-refractivity contribution in [3.63, 3.8) is 0 Å². The smallest absolute Gasteiger partial charge is 0.337 e. The van der Waals surface area contributed by atoms with E-state index < -0.39 is 17.6 Å². The fourth-order valence-corrected chi connectivity index (χ4v) is 4.05. The summed E-state index contributed by atoms with van der Waals surface area (Å²) in [6, 6.07) is 7.38. The van der Waals surface area contributed by atoms with Gasteiger partial charge in [0.15, 0.2) is 0 Å². The molecule has 29 heavy (non-hydrogen) atoms. The van der Waals surface area contributed by atoms with E-state index in [4.69, 9.17) is 9.47 Å². The lowest BCUT2D eigenvalue weighted by Crippen LogP contribution is -2.18. The fourth-order valence-electron chi connectivity index (χ4n) is 3.73.